The monoisotopic (exact) mass is 199 g/mol. The zero-order valence-corrected chi connectivity index (χ0v) is 7.21. The van der Waals surface area contributed by atoms with Gasteiger partial charge in [0, 0.05) is 5.02 Å². The minimum absolute atomic E-state index is 0.0833. The lowest BCUT2D eigenvalue weighted by Gasteiger charge is -2.01. The minimum atomic E-state index is -1.20. The lowest BCUT2D eigenvalue weighted by atomic mass is 10.1. The maximum absolute atomic E-state index is 10.8. The normalized spacial score (nSPS) is 9.62. The molecule has 1 rings (SSSR count). The molecule has 0 fully saturated rings. The number of rotatable bonds is 2. The van der Waals surface area contributed by atoms with E-state index in [1.807, 2.05) is 0 Å². The van der Waals surface area contributed by atoms with Crippen LogP contribution >= 0.6 is 11.6 Å². The summed E-state index contributed by atoms with van der Waals surface area (Å²) in [6, 6.07) is 3.86. The number of carboxylic acid groups (broad SMARTS) is 1. The summed E-state index contributed by atoms with van der Waals surface area (Å²) in [6.45, 7) is 0. The predicted octanol–water partition coefficient (Wildman–Crippen LogP) is 1.14. The van der Waals surface area contributed by atoms with Crippen molar-refractivity contribution >= 4 is 23.5 Å². The fourth-order valence-corrected chi connectivity index (χ4v) is 1.08. The molecule has 0 aromatic heterocycles. The van der Waals surface area contributed by atoms with Crippen LogP contribution in [0.1, 0.15) is 20.7 Å². The summed E-state index contributed by atoms with van der Waals surface area (Å²) >= 11 is 5.56. The first kappa shape index (κ1) is 9.54. The van der Waals surface area contributed by atoms with E-state index in [2.05, 4.69) is 0 Å². The van der Waals surface area contributed by atoms with Crippen LogP contribution in [-0.4, -0.2) is 17.0 Å². The average Bonchev–Trinajstić information content (AvgIpc) is 2.03. The minimum Gasteiger partial charge on any atom is -0.478 e. The highest BCUT2D eigenvalue weighted by Gasteiger charge is 2.13. The topological polar surface area (TPSA) is 80.4 Å². The van der Waals surface area contributed by atoms with Crippen LogP contribution in [0.3, 0.4) is 0 Å². The van der Waals surface area contributed by atoms with Crippen LogP contribution in [-0.2, 0) is 0 Å². The van der Waals surface area contributed by atoms with Crippen LogP contribution < -0.4 is 5.73 Å². The molecule has 0 saturated heterocycles. The van der Waals surface area contributed by atoms with Gasteiger partial charge in [0.05, 0.1) is 11.1 Å². The van der Waals surface area contributed by atoms with E-state index >= 15 is 0 Å². The SMILES string of the molecule is NC(=O)c1cc(Cl)ccc1C(=O)O. The summed E-state index contributed by atoms with van der Waals surface area (Å²) in [5.41, 5.74) is 4.74. The van der Waals surface area contributed by atoms with Gasteiger partial charge in [-0.3, -0.25) is 4.79 Å². The first-order valence-corrected chi connectivity index (χ1v) is 3.73. The van der Waals surface area contributed by atoms with E-state index in [-0.39, 0.29) is 16.1 Å². The molecule has 1 aromatic carbocycles. The van der Waals surface area contributed by atoms with E-state index in [4.69, 9.17) is 22.4 Å². The first-order chi connectivity index (χ1) is 6.02. The number of nitrogens with two attached hydrogens (primary N) is 1. The molecule has 0 heterocycles. The van der Waals surface area contributed by atoms with E-state index in [0.29, 0.717) is 0 Å². The van der Waals surface area contributed by atoms with Crippen LogP contribution in [0.25, 0.3) is 0 Å². The van der Waals surface area contributed by atoms with Gasteiger partial charge in [-0.1, -0.05) is 11.6 Å². The van der Waals surface area contributed by atoms with Crippen LogP contribution in [0.5, 0.6) is 0 Å². The van der Waals surface area contributed by atoms with Crippen molar-refractivity contribution in [3.63, 3.8) is 0 Å². The van der Waals surface area contributed by atoms with Gasteiger partial charge in [-0.15, -0.1) is 0 Å². The van der Waals surface area contributed by atoms with Gasteiger partial charge in [-0.05, 0) is 18.2 Å². The number of amides is 1. The van der Waals surface area contributed by atoms with Crippen molar-refractivity contribution in [1.29, 1.82) is 0 Å². The summed E-state index contributed by atoms with van der Waals surface area (Å²) in [4.78, 5) is 21.4. The van der Waals surface area contributed by atoms with Gasteiger partial charge in [-0.2, -0.15) is 0 Å². The number of hydrogen-bond acceptors (Lipinski definition) is 2. The third-order valence-corrected chi connectivity index (χ3v) is 1.71. The largest absolute Gasteiger partial charge is 0.478 e. The van der Waals surface area contributed by atoms with E-state index < -0.39 is 11.9 Å². The smallest absolute Gasteiger partial charge is 0.336 e. The molecule has 0 bridgehead atoms. The second-order valence-corrected chi connectivity index (χ2v) is 2.80. The van der Waals surface area contributed by atoms with Crippen LogP contribution in [0.4, 0.5) is 0 Å². The zero-order valence-electron chi connectivity index (χ0n) is 6.45. The second kappa shape index (κ2) is 3.45. The Morgan fingerprint density at radius 2 is 1.92 bits per heavy atom. The Hall–Kier alpha value is -1.55. The Morgan fingerprint density at radius 3 is 2.38 bits per heavy atom. The molecule has 0 radical (unpaired) electrons. The molecule has 0 atom stereocenters. The Balaban J connectivity index is 3.35. The van der Waals surface area contributed by atoms with Crippen molar-refractivity contribution in [3.05, 3.63) is 34.3 Å². The molecule has 4 nitrogen and oxygen atoms in total. The molecular weight excluding hydrogens is 194 g/mol. The zero-order chi connectivity index (χ0) is 10.0. The van der Waals surface area contributed by atoms with Crippen molar-refractivity contribution < 1.29 is 14.7 Å². The molecule has 0 unspecified atom stereocenters. The number of carbonyl (C=O) groups is 2. The molecule has 0 spiro atoms. The van der Waals surface area contributed by atoms with Gasteiger partial charge in [0.1, 0.15) is 0 Å². The highest BCUT2D eigenvalue weighted by Crippen LogP contribution is 2.15. The molecule has 0 aliphatic heterocycles. The second-order valence-electron chi connectivity index (χ2n) is 2.36. The molecule has 5 heteroatoms. The standard InChI is InChI=1S/C8H6ClNO3/c9-4-1-2-5(8(12)13)6(3-4)7(10)11/h1-3H,(H2,10,11)(H,12,13). The van der Waals surface area contributed by atoms with E-state index in [1.165, 1.54) is 18.2 Å². The number of primary amides is 1. The number of carboxylic acids is 1. The highest BCUT2D eigenvalue weighted by atomic mass is 35.5. The van der Waals surface area contributed by atoms with Gasteiger partial charge < -0.3 is 10.8 Å². The van der Waals surface area contributed by atoms with Crippen molar-refractivity contribution in [2.75, 3.05) is 0 Å². The maximum atomic E-state index is 10.8. The molecule has 1 amide bonds. The highest BCUT2D eigenvalue weighted by molar-refractivity contribution is 6.31. The third kappa shape index (κ3) is 1.97. The molecule has 0 aliphatic carbocycles. The van der Waals surface area contributed by atoms with Crippen molar-refractivity contribution in [1.82, 2.24) is 0 Å². The molecule has 3 N–H and O–H groups in total. The number of carbonyl (C=O) groups excluding carboxylic acids is 1. The molecule has 1 aromatic rings. The molecule has 0 saturated carbocycles. The molecule has 68 valence electrons. The Kier molecular flexibility index (Phi) is 2.53. The van der Waals surface area contributed by atoms with Gasteiger partial charge >= 0.3 is 5.97 Å². The molecule has 0 aliphatic rings. The summed E-state index contributed by atoms with van der Waals surface area (Å²) in [5.74, 6) is -2.01. The maximum Gasteiger partial charge on any atom is 0.336 e. The summed E-state index contributed by atoms with van der Waals surface area (Å²) in [6.07, 6.45) is 0. The van der Waals surface area contributed by atoms with E-state index in [0.717, 1.165) is 0 Å². The molecular formula is C8H6ClNO3. The summed E-state index contributed by atoms with van der Waals surface area (Å²) < 4.78 is 0. The first-order valence-electron chi connectivity index (χ1n) is 3.35. The summed E-state index contributed by atoms with van der Waals surface area (Å²) in [7, 11) is 0. The van der Waals surface area contributed by atoms with E-state index in [9.17, 15) is 9.59 Å². The number of aromatic carboxylic acids is 1. The molecule has 13 heavy (non-hydrogen) atoms. The number of hydrogen-bond donors (Lipinski definition) is 2. The van der Waals surface area contributed by atoms with Gasteiger partial charge in [0.2, 0.25) is 5.91 Å². The van der Waals surface area contributed by atoms with Crippen molar-refractivity contribution in [2.24, 2.45) is 5.73 Å². The quantitative estimate of drug-likeness (QED) is 0.750. The Bertz CT molecular complexity index is 376. The Morgan fingerprint density at radius 1 is 1.31 bits per heavy atom. The summed E-state index contributed by atoms with van der Waals surface area (Å²) in [5, 5.41) is 8.93. The van der Waals surface area contributed by atoms with Crippen molar-refractivity contribution in [2.45, 2.75) is 0 Å². The third-order valence-electron chi connectivity index (χ3n) is 1.48. The fraction of sp³-hybridized carbons (Fsp3) is 0. The average molecular weight is 200 g/mol. The number of halogens is 1. The Labute approximate surface area is 78.9 Å². The number of benzene rings is 1. The van der Waals surface area contributed by atoms with Crippen LogP contribution in [0, 0.1) is 0 Å². The van der Waals surface area contributed by atoms with Gasteiger partial charge in [-0.25, -0.2) is 4.79 Å². The van der Waals surface area contributed by atoms with Crippen LogP contribution in [0.2, 0.25) is 5.02 Å². The van der Waals surface area contributed by atoms with Crippen molar-refractivity contribution in [3.8, 4) is 0 Å². The van der Waals surface area contributed by atoms with Crippen LogP contribution in [0.15, 0.2) is 18.2 Å². The fourth-order valence-electron chi connectivity index (χ4n) is 0.907. The van der Waals surface area contributed by atoms with Gasteiger partial charge in [0.15, 0.2) is 0 Å². The van der Waals surface area contributed by atoms with Gasteiger partial charge in [0.25, 0.3) is 0 Å². The lowest BCUT2D eigenvalue weighted by molar-refractivity contribution is 0.0692. The lowest BCUT2D eigenvalue weighted by Crippen LogP contribution is -2.16. The predicted molar refractivity (Wildman–Crippen MR) is 46.9 cm³/mol. The van der Waals surface area contributed by atoms with E-state index in [1.54, 1.807) is 0 Å².